The molecule has 1 N–H and O–H groups in total. The molecular weight excluding hydrogens is 220 g/mol. The summed E-state index contributed by atoms with van der Waals surface area (Å²) in [5.41, 5.74) is 0.982. The molecule has 17 heavy (non-hydrogen) atoms. The standard InChI is InChI=1S/C10H10N6O/c1-2-6-3-7(17)16(4-6)10-8-9(11-5-12-10)14-15-13-8/h2,5-6H,1,3-4H2,(H,11,12,13,14,15). The smallest absolute Gasteiger partial charge is 0.228 e. The van der Waals surface area contributed by atoms with E-state index in [0.29, 0.717) is 29.9 Å². The van der Waals surface area contributed by atoms with Gasteiger partial charge in [-0.25, -0.2) is 9.97 Å². The molecule has 7 nitrogen and oxygen atoms in total. The van der Waals surface area contributed by atoms with Gasteiger partial charge >= 0.3 is 0 Å². The highest BCUT2D eigenvalue weighted by Gasteiger charge is 2.31. The van der Waals surface area contributed by atoms with Crippen molar-refractivity contribution in [3.8, 4) is 0 Å². The molecule has 0 aliphatic carbocycles. The second-order valence-corrected chi connectivity index (χ2v) is 3.90. The number of nitrogens with zero attached hydrogens (tertiary/aromatic N) is 5. The first-order valence-corrected chi connectivity index (χ1v) is 5.24. The number of aromatic amines is 1. The molecular formula is C10H10N6O. The lowest BCUT2D eigenvalue weighted by atomic mass is 10.1. The predicted molar refractivity (Wildman–Crippen MR) is 60.1 cm³/mol. The molecule has 1 amide bonds. The van der Waals surface area contributed by atoms with Crippen molar-refractivity contribution in [2.75, 3.05) is 11.4 Å². The van der Waals surface area contributed by atoms with Gasteiger partial charge in [-0.3, -0.25) is 9.69 Å². The first-order chi connectivity index (χ1) is 8.29. The van der Waals surface area contributed by atoms with Gasteiger partial charge in [0.25, 0.3) is 0 Å². The van der Waals surface area contributed by atoms with Crippen LogP contribution in [0.5, 0.6) is 0 Å². The zero-order valence-corrected chi connectivity index (χ0v) is 9.00. The Balaban J connectivity index is 2.07. The van der Waals surface area contributed by atoms with Gasteiger partial charge in [-0.1, -0.05) is 6.08 Å². The number of rotatable bonds is 2. The van der Waals surface area contributed by atoms with Crippen LogP contribution >= 0.6 is 0 Å². The third kappa shape index (κ3) is 1.47. The van der Waals surface area contributed by atoms with Gasteiger partial charge in [-0.2, -0.15) is 10.3 Å². The minimum atomic E-state index is 0.0258. The van der Waals surface area contributed by atoms with Crippen LogP contribution in [0.15, 0.2) is 19.0 Å². The highest BCUT2D eigenvalue weighted by atomic mass is 16.2. The Bertz CT molecular complexity index is 591. The number of anilines is 1. The third-order valence-electron chi connectivity index (χ3n) is 2.85. The normalized spacial score (nSPS) is 20.1. The van der Waals surface area contributed by atoms with E-state index in [1.807, 2.05) is 0 Å². The second kappa shape index (κ2) is 3.62. The number of H-pyrrole nitrogens is 1. The number of hydrogen-bond acceptors (Lipinski definition) is 5. The van der Waals surface area contributed by atoms with E-state index in [0.717, 1.165) is 0 Å². The van der Waals surface area contributed by atoms with Crippen LogP contribution in [0, 0.1) is 5.92 Å². The van der Waals surface area contributed by atoms with E-state index in [1.165, 1.54) is 6.33 Å². The fourth-order valence-electron chi connectivity index (χ4n) is 1.96. The van der Waals surface area contributed by atoms with Crippen molar-refractivity contribution >= 4 is 22.9 Å². The zero-order chi connectivity index (χ0) is 11.8. The number of fused-ring (bicyclic) bond motifs is 1. The molecule has 0 aromatic carbocycles. The lowest BCUT2D eigenvalue weighted by Gasteiger charge is -2.14. The van der Waals surface area contributed by atoms with E-state index in [1.54, 1.807) is 11.0 Å². The first-order valence-electron chi connectivity index (χ1n) is 5.24. The molecule has 2 aromatic rings. The molecule has 1 unspecified atom stereocenters. The van der Waals surface area contributed by atoms with Crippen molar-refractivity contribution in [3.63, 3.8) is 0 Å². The van der Waals surface area contributed by atoms with Crippen LogP contribution < -0.4 is 4.90 Å². The highest BCUT2D eigenvalue weighted by Crippen LogP contribution is 2.27. The summed E-state index contributed by atoms with van der Waals surface area (Å²) >= 11 is 0. The Morgan fingerprint density at radius 1 is 1.47 bits per heavy atom. The molecule has 2 aromatic heterocycles. The van der Waals surface area contributed by atoms with Crippen molar-refractivity contribution < 1.29 is 4.79 Å². The Morgan fingerprint density at radius 3 is 3.12 bits per heavy atom. The van der Waals surface area contributed by atoms with Crippen LogP contribution in [-0.2, 0) is 4.79 Å². The Hall–Kier alpha value is -2.31. The summed E-state index contributed by atoms with van der Waals surface area (Å²) in [7, 11) is 0. The predicted octanol–water partition coefficient (Wildman–Crippen LogP) is 0.287. The first kappa shape index (κ1) is 9.88. The summed E-state index contributed by atoms with van der Waals surface area (Å²) in [6.07, 6.45) is 3.64. The van der Waals surface area contributed by atoms with Crippen LogP contribution in [0.1, 0.15) is 6.42 Å². The molecule has 1 fully saturated rings. The summed E-state index contributed by atoms with van der Waals surface area (Å²) in [5.74, 6) is 0.704. The SMILES string of the molecule is C=CC1CC(=O)N(c2ncnc3n[nH]nc23)C1. The summed E-state index contributed by atoms with van der Waals surface area (Å²) < 4.78 is 0. The fourth-order valence-corrected chi connectivity index (χ4v) is 1.96. The van der Waals surface area contributed by atoms with Gasteiger partial charge < -0.3 is 0 Å². The monoisotopic (exact) mass is 230 g/mol. The van der Waals surface area contributed by atoms with Gasteiger partial charge in [-0.05, 0) is 0 Å². The van der Waals surface area contributed by atoms with E-state index < -0.39 is 0 Å². The number of amides is 1. The Labute approximate surface area is 96.6 Å². The van der Waals surface area contributed by atoms with E-state index in [4.69, 9.17) is 0 Å². The molecule has 3 rings (SSSR count). The number of carbonyl (C=O) groups excluding carboxylic acids is 1. The number of hydrogen-bond donors (Lipinski definition) is 1. The Kier molecular flexibility index (Phi) is 2.10. The van der Waals surface area contributed by atoms with Crippen LogP contribution in [0.2, 0.25) is 0 Å². The lowest BCUT2D eigenvalue weighted by Crippen LogP contribution is -2.25. The lowest BCUT2D eigenvalue weighted by molar-refractivity contribution is -0.117. The molecule has 3 heterocycles. The maximum absolute atomic E-state index is 11.9. The maximum atomic E-state index is 11.9. The van der Waals surface area contributed by atoms with Crippen LogP contribution in [-0.4, -0.2) is 37.8 Å². The Morgan fingerprint density at radius 2 is 2.35 bits per heavy atom. The highest BCUT2D eigenvalue weighted by molar-refractivity contribution is 6.00. The van der Waals surface area contributed by atoms with E-state index >= 15 is 0 Å². The van der Waals surface area contributed by atoms with E-state index in [-0.39, 0.29) is 11.8 Å². The largest absolute Gasteiger partial charge is 0.294 e. The minimum absolute atomic E-state index is 0.0258. The van der Waals surface area contributed by atoms with Gasteiger partial charge in [-0.15, -0.1) is 11.7 Å². The van der Waals surface area contributed by atoms with Crippen molar-refractivity contribution in [3.05, 3.63) is 19.0 Å². The molecule has 1 saturated heterocycles. The molecule has 0 bridgehead atoms. The molecule has 7 heteroatoms. The van der Waals surface area contributed by atoms with Crippen molar-refractivity contribution in [2.24, 2.45) is 5.92 Å². The second-order valence-electron chi connectivity index (χ2n) is 3.90. The third-order valence-corrected chi connectivity index (χ3v) is 2.85. The maximum Gasteiger partial charge on any atom is 0.228 e. The van der Waals surface area contributed by atoms with Gasteiger partial charge in [0.2, 0.25) is 11.6 Å². The summed E-state index contributed by atoms with van der Waals surface area (Å²) in [6, 6.07) is 0. The van der Waals surface area contributed by atoms with Crippen molar-refractivity contribution in [1.82, 2.24) is 25.4 Å². The van der Waals surface area contributed by atoms with Gasteiger partial charge in [0, 0.05) is 18.9 Å². The van der Waals surface area contributed by atoms with E-state index in [9.17, 15) is 4.79 Å². The van der Waals surface area contributed by atoms with Gasteiger partial charge in [0.1, 0.15) is 6.33 Å². The number of nitrogens with one attached hydrogen (secondary N) is 1. The van der Waals surface area contributed by atoms with Crippen LogP contribution in [0.25, 0.3) is 11.2 Å². The zero-order valence-electron chi connectivity index (χ0n) is 9.00. The molecule has 1 aliphatic heterocycles. The average Bonchev–Trinajstić information content (AvgIpc) is 2.94. The summed E-state index contributed by atoms with van der Waals surface area (Å²) in [5, 5.41) is 10.3. The molecule has 0 saturated carbocycles. The van der Waals surface area contributed by atoms with Crippen LogP contribution in [0.4, 0.5) is 5.82 Å². The fraction of sp³-hybridized carbons (Fsp3) is 0.300. The molecule has 86 valence electrons. The average molecular weight is 230 g/mol. The van der Waals surface area contributed by atoms with Gasteiger partial charge in [0.05, 0.1) is 0 Å². The van der Waals surface area contributed by atoms with Gasteiger partial charge in [0.15, 0.2) is 11.3 Å². The summed E-state index contributed by atoms with van der Waals surface area (Å²) in [4.78, 5) is 21.6. The van der Waals surface area contributed by atoms with Crippen molar-refractivity contribution in [2.45, 2.75) is 6.42 Å². The number of carbonyl (C=O) groups is 1. The minimum Gasteiger partial charge on any atom is -0.294 e. The quantitative estimate of drug-likeness (QED) is 0.749. The van der Waals surface area contributed by atoms with Crippen molar-refractivity contribution in [1.29, 1.82) is 0 Å². The van der Waals surface area contributed by atoms with Crippen LogP contribution in [0.3, 0.4) is 0 Å². The molecule has 0 radical (unpaired) electrons. The molecule has 0 spiro atoms. The number of aromatic nitrogens is 5. The molecule has 1 aliphatic rings. The summed E-state index contributed by atoms with van der Waals surface area (Å²) in [6.45, 7) is 4.30. The van der Waals surface area contributed by atoms with E-state index in [2.05, 4.69) is 32.0 Å². The topological polar surface area (TPSA) is 87.7 Å². The molecule has 1 atom stereocenters.